The third-order valence-corrected chi connectivity index (χ3v) is 4.37. The molecule has 0 spiro atoms. The zero-order chi connectivity index (χ0) is 16.4. The monoisotopic (exact) mass is 329 g/mol. The van der Waals surface area contributed by atoms with Gasteiger partial charge in [0, 0.05) is 16.4 Å². The Labute approximate surface area is 146 Å². The minimum absolute atomic E-state index is 0.742. The third-order valence-electron chi connectivity index (χ3n) is 4.12. The number of fused-ring (bicyclic) bond motifs is 1. The molecule has 1 nitrogen and oxygen atoms in total. The summed E-state index contributed by atoms with van der Waals surface area (Å²) < 4.78 is 0. The van der Waals surface area contributed by atoms with Crippen LogP contribution in [0.3, 0.4) is 0 Å². The summed E-state index contributed by atoms with van der Waals surface area (Å²) in [6, 6.07) is 31.1. The van der Waals surface area contributed by atoms with E-state index >= 15 is 0 Å². The number of anilines is 2. The first-order chi connectivity index (χ1) is 11.8. The molecule has 2 heteroatoms. The van der Waals surface area contributed by atoms with Crippen LogP contribution in [0, 0.1) is 0 Å². The quantitative estimate of drug-likeness (QED) is 0.431. The summed E-state index contributed by atoms with van der Waals surface area (Å²) in [5.74, 6) is 0. The fourth-order valence-electron chi connectivity index (χ4n) is 2.91. The van der Waals surface area contributed by atoms with Gasteiger partial charge in [-0.05, 0) is 58.3 Å². The van der Waals surface area contributed by atoms with Gasteiger partial charge in [-0.25, -0.2) is 0 Å². The summed E-state index contributed by atoms with van der Waals surface area (Å²) in [4.78, 5) is 0. The largest absolute Gasteiger partial charge is 0.356 e. The SMILES string of the molecule is Clc1ccc(Nc2ccc(-c3cccc4ccccc34)cc2)cc1. The highest BCUT2D eigenvalue weighted by Gasteiger charge is 2.03. The molecule has 0 bridgehead atoms. The standard InChI is InChI=1S/C22H16ClN/c23-18-10-14-20(15-11-18)24-19-12-8-17(9-13-19)22-7-3-5-16-4-1-2-6-21(16)22/h1-15,24H. The second-order valence-corrected chi connectivity index (χ2v) is 6.17. The van der Waals surface area contributed by atoms with Crippen LogP contribution in [0.5, 0.6) is 0 Å². The summed E-state index contributed by atoms with van der Waals surface area (Å²) >= 11 is 5.92. The molecule has 1 N–H and O–H groups in total. The van der Waals surface area contributed by atoms with Gasteiger partial charge in [0.15, 0.2) is 0 Å². The van der Waals surface area contributed by atoms with E-state index in [0.717, 1.165) is 16.4 Å². The smallest absolute Gasteiger partial charge is 0.0407 e. The molecule has 4 aromatic rings. The number of benzene rings is 4. The van der Waals surface area contributed by atoms with Gasteiger partial charge in [0.25, 0.3) is 0 Å². The maximum absolute atomic E-state index is 5.92. The lowest BCUT2D eigenvalue weighted by molar-refractivity contribution is 1.55. The van der Waals surface area contributed by atoms with Crippen molar-refractivity contribution in [1.29, 1.82) is 0 Å². The molecule has 0 saturated heterocycles. The Kier molecular flexibility index (Phi) is 3.94. The fourth-order valence-corrected chi connectivity index (χ4v) is 3.04. The van der Waals surface area contributed by atoms with Crippen LogP contribution in [0.25, 0.3) is 21.9 Å². The first-order valence-corrected chi connectivity index (χ1v) is 8.28. The average molecular weight is 330 g/mol. The molecule has 0 aliphatic carbocycles. The molecule has 0 saturated carbocycles. The maximum atomic E-state index is 5.92. The lowest BCUT2D eigenvalue weighted by Gasteiger charge is -2.10. The summed E-state index contributed by atoms with van der Waals surface area (Å²) in [6.45, 7) is 0. The molecule has 0 aromatic heterocycles. The molecular weight excluding hydrogens is 314 g/mol. The highest BCUT2D eigenvalue weighted by molar-refractivity contribution is 6.30. The fraction of sp³-hybridized carbons (Fsp3) is 0. The predicted molar refractivity (Wildman–Crippen MR) is 104 cm³/mol. The van der Waals surface area contributed by atoms with Crippen molar-refractivity contribution in [3.63, 3.8) is 0 Å². The predicted octanol–water partition coefficient (Wildman–Crippen LogP) is 6.90. The Morgan fingerprint density at radius 3 is 1.96 bits per heavy atom. The minimum atomic E-state index is 0.742. The zero-order valence-electron chi connectivity index (χ0n) is 13.0. The van der Waals surface area contributed by atoms with Crippen molar-refractivity contribution in [2.24, 2.45) is 0 Å². The Hall–Kier alpha value is -2.77. The second kappa shape index (κ2) is 6.38. The van der Waals surface area contributed by atoms with E-state index in [-0.39, 0.29) is 0 Å². The summed E-state index contributed by atoms with van der Waals surface area (Å²) in [5, 5.41) is 6.67. The van der Waals surface area contributed by atoms with Crippen LogP contribution in [0.1, 0.15) is 0 Å². The average Bonchev–Trinajstić information content (AvgIpc) is 2.64. The van der Waals surface area contributed by atoms with Crippen molar-refractivity contribution in [3.8, 4) is 11.1 Å². The molecule has 0 atom stereocenters. The van der Waals surface area contributed by atoms with Crippen molar-refractivity contribution >= 4 is 33.7 Å². The molecule has 0 heterocycles. The first kappa shape index (κ1) is 14.8. The molecule has 0 aliphatic rings. The van der Waals surface area contributed by atoms with Crippen LogP contribution in [0.15, 0.2) is 91.0 Å². The van der Waals surface area contributed by atoms with E-state index in [2.05, 4.69) is 72.0 Å². The van der Waals surface area contributed by atoms with Crippen LogP contribution < -0.4 is 5.32 Å². The Bertz CT molecular complexity index is 967. The summed E-state index contributed by atoms with van der Waals surface area (Å²) in [6.07, 6.45) is 0. The van der Waals surface area contributed by atoms with Gasteiger partial charge in [-0.1, -0.05) is 66.2 Å². The van der Waals surface area contributed by atoms with Gasteiger partial charge in [0.05, 0.1) is 0 Å². The van der Waals surface area contributed by atoms with Gasteiger partial charge < -0.3 is 5.32 Å². The molecule has 0 unspecified atom stereocenters. The highest BCUT2D eigenvalue weighted by atomic mass is 35.5. The van der Waals surface area contributed by atoms with E-state index in [1.165, 1.54) is 21.9 Å². The van der Waals surface area contributed by atoms with Crippen LogP contribution >= 0.6 is 11.6 Å². The van der Waals surface area contributed by atoms with Crippen molar-refractivity contribution in [2.45, 2.75) is 0 Å². The molecule has 0 radical (unpaired) electrons. The number of halogens is 1. The number of nitrogens with one attached hydrogen (secondary N) is 1. The van der Waals surface area contributed by atoms with Crippen LogP contribution in [0.2, 0.25) is 5.02 Å². The van der Waals surface area contributed by atoms with Gasteiger partial charge in [-0.3, -0.25) is 0 Å². The molecule has 4 rings (SSSR count). The Balaban J connectivity index is 1.64. The minimum Gasteiger partial charge on any atom is -0.356 e. The van der Waals surface area contributed by atoms with E-state index in [9.17, 15) is 0 Å². The van der Waals surface area contributed by atoms with Gasteiger partial charge in [0.2, 0.25) is 0 Å². The van der Waals surface area contributed by atoms with E-state index < -0.39 is 0 Å². The normalized spacial score (nSPS) is 10.7. The molecule has 116 valence electrons. The van der Waals surface area contributed by atoms with Crippen LogP contribution in [-0.4, -0.2) is 0 Å². The molecule has 0 aliphatic heterocycles. The van der Waals surface area contributed by atoms with E-state index in [4.69, 9.17) is 11.6 Å². The van der Waals surface area contributed by atoms with E-state index in [0.29, 0.717) is 0 Å². The maximum Gasteiger partial charge on any atom is 0.0407 e. The molecule has 0 fully saturated rings. The Morgan fingerprint density at radius 1 is 0.583 bits per heavy atom. The molecule has 24 heavy (non-hydrogen) atoms. The topological polar surface area (TPSA) is 12.0 Å². The molecular formula is C22H16ClN. The number of hydrogen-bond acceptors (Lipinski definition) is 1. The number of rotatable bonds is 3. The molecule has 0 amide bonds. The lowest BCUT2D eigenvalue weighted by Crippen LogP contribution is -1.89. The third kappa shape index (κ3) is 2.99. The zero-order valence-corrected chi connectivity index (χ0v) is 13.8. The lowest BCUT2D eigenvalue weighted by atomic mass is 9.98. The highest BCUT2D eigenvalue weighted by Crippen LogP contribution is 2.30. The van der Waals surface area contributed by atoms with Gasteiger partial charge in [0.1, 0.15) is 0 Å². The van der Waals surface area contributed by atoms with Gasteiger partial charge in [-0.15, -0.1) is 0 Å². The van der Waals surface area contributed by atoms with Crippen molar-refractivity contribution in [2.75, 3.05) is 5.32 Å². The Morgan fingerprint density at radius 2 is 1.21 bits per heavy atom. The second-order valence-electron chi connectivity index (χ2n) is 5.74. The van der Waals surface area contributed by atoms with Crippen molar-refractivity contribution in [3.05, 3.63) is 96.0 Å². The number of hydrogen-bond donors (Lipinski definition) is 1. The van der Waals surface area contributed by atoms with E-state index in [1.54, 1.807) is 0 Å². The van der Waals surface area contributed by atoms with Crippen molar-refractivity contribution < 1.29 is 0 Å². The molecule has 4 aromatic carbocycles. The van der Waals surface area contributed by atoms with E-state index in [1.807, 2.05) is 24.3 Å². The van der Waals surface area contributed by atoms with Crippen LogP contribution in [0.4, 0.5) is 11.4 Å². The summed E-state index contributed by atoms with van der Waals surface area (Å²) in [7, 11) is 0. The summed E-state index contributed by atoms with van der Waals surface area (Å²) in [5.41, 5.74) is 4.55. The van der Waals surface area contributed by atoms with Crippen molar-refractivity contribution in [1.82, 2.24) is 0 Å². The van der Waals surface area contributed by atoms with Crippen LogP contribution in [-0.2, 0) is 0 Å². The first-order valence-electron chi connectivity index (χ1n) is 7.90. The van der Waals surface area contributed by atoms with Gasteiger partial charge in [-0.2, -0.15) is 0 Å². The van der Waals surface area contributed by atoms with Gasteiger partial charge >= 0.3 is 0 Å².